The van der Waals surface area contributed by atoms with Crippen LogP contribution in [0.1, 0.15) is 102 Å². The minimum absolute atomic E-state index is 0.0500. The van der Waals surface area contributed by atoms with Crippen molar-refractivity contribution in [1.29, 1.82) is 0 Å². The zero-order chi connectivity index (χ0) is 23.1. The van der Waals surface area contributed by atoms with Gasteiger partial charge in [-0.1, -0.05) is 71.1 Å². The number of alkyl halides is 2. The molecule has 4 heteroatoms. The lowest BCUT2D eigenvalue weighted by molar-refractivity contribution is -0.0147. The van der Waals surface area contributed by atoms with Crippen LogP contribution in [0.4, 0.5) is 8.78 Å². The molecule has 0 amide bonds. The minimum atomic E-state index is -2.73. The Kier molecular flexibility index (Phi) is 9.95. The van der Waals surface area contributed by atoms with Crippen molar-refractivity contribution >= 4 is 0 Å². The molecule has 2 unspecified atom stereocenters. The van der Waals surface area contributed by atoms with Gasteiger partial charge in [-0.05, 0) is 62.3 Å². The average molecular weight is 438 g/mol. The van der Waals surface area contributed by atoms with Crippen LogP contribution in [0.25, 0.3) is 0 Å². The van der Waals surface area contributed by atoms with Crippen molar-refractivity contribution in [3.8, 4) is 0 Å². The number of rotatable bonds is 11. The second kappa shape index (κ2) is 11.7. The monoisotopic (exact) mass is 437 g/mol. The highest BCUT2D eigenvalue weighted by molar-refractivity contribution is 5.35. The fourth-order valence-electron chi connectivity index (χ4n) is 5.11. The van der Waals surface area contributed by atoms with Crippen LogP contribution < -0.4 is 0 Å². The Morgan fingerprint density at radius 1 is 1.10 bits per heavy atom. The number of hydrogen-bond donors (Lipinski definition) is 1. The van der Waals surface area contributed by atoms with Gasteiger partial charge in [0, 0.05) is 25.4 Å². The van der Waals surface area contributed by atoms with Crippen molar-refractivity contribution in [2.24, 2.45) is 5.92 Å². The van der Waals surface area contributed by atoms with Crippen molar-refractivity contribution in [3.63, 3.8) is 0 Å². The highest BCUT2D eigenvalue weighted by atomic mass is 19.3. The smallest absolute Gasteiger partial charge is 0.249 e. The van der Waals surface area contributed by atoms with Gasteiger partial charge in [0.1, 0.15) is 0 Å². The summed E-state index contributed by atoms with van der Waals surface area (Å²) in [5.41, 5.74) is 1.87. The van der Waals surface area contributed by atoms with E-state index >= 15 is 0 Å². The number of benzene rings is 1. The lowest BCUT2D eigenvalue weighted by atomic mass is 9.76. The van der Waals surface area contributed by atoms with E-state index < -0.39 is 11.5 Å². The summed E-state index contributed by atoms with van der Waals surface area (Å²) in [5.74, 6) is -2.18. The normalized spacial score (nSPS) is 19.3. The Labute approximate surface area is 189 Å². The van der Waals surface area contributed by atoms with Crippen molar-refractivity contribution in [2.75, 3.05) is 19.6 Å². The van der Waals surface area contributed by atoms with Gasteiger partial charge in [0.15, 0.2) is 0 Å². The predicted molar refractivity (Wildman–Crippen MR) is 127 cm³/mol. The summed E-state index contributed by atoms with van der Waals surface area (Å²) in [6.07, 6.45) is 7.98. The summed E-state index contributed by atoms with van der Waals surface area (Å²) in [6, 6.07) is 6.02. The maximum absolute atomic E-state index is 13.8. The summed E-state index contributed by atoms with van der Waals surface area (Å²) in [5, 5.41) is 11.9. The van der Waals surface area contributed by atoms with Crippen LogP contribution in [0.15, 0.2) is 18.2 Å². The Balaban J connectivity index is 2.42. The second-order valence-electron chi connectivity index (χ2n) is 10.3. The third-order valence-electron chi connectivity index (χ3n) is 7.14. The number of hydrogen-bond acceptors (Lipinski definition) is 2. The third-order valence-corrected chi connectivity index (χ3v) is 7.14. The van der Waals surface area contributed by atoms with E-state index in [1.54, 1.807) is 0 Å². The van der Waals surface area contributed by atoms with Gasteiger partial charge >= 0.3 is 0 Å². The largest absolute Gasteiger partial charge is 0.389 e. The van der Waals surface area contributed by atoms with Crippen molar-refractivity contribution in [1.82, 2.24) is 4.90 Å². The van der Waals surface area contributed by atoms with E-state index in [1.165, 1.54) is 12.8 Å². The summed E-state index contributed by atoms with van der Waals surface area (Å²) in [6.45, 7) is 12.4. The molecule has 0 spiro atoms. The van der Waals surface area contributed by atoms with Crippen LogP contribution in [0, 0.1) is 12.8 Å². The average Bonchev–Trinajstić information content (AvgIpc) is 2.92. The molecule has 1 aliphatic carbocycles. The molecule has 178 valence electrons. The van der Waals surface area contributed by atoms with Gasteiger partial charge < -0.3 is 10.0 Å². The molecule has 1 aromatic rings. The molecule has 0 saturated heterocycles. The van der Waals surface area contributed by atoms with Crippen LogP contribution >= 0.6 is 0 Å². The summed E-state index contributed by atoms with van der Waals surface area (Å²) >= 11 is 0. The van der Waals surface area contributed by atoms with Crippen molar-refractivity contribution < 1.29 is 13.9 Å². The maximum atomic E-state index is 13.8. The van der Waals surface area contributed by atoms with Gasteiger partial charge in [0.25, 0.3) is 0 Å². The molecule has 0 aromatic heterocycles. The molecule has 2 rings (SSSR count). The summed E-state index contributed by atoms with van der Waals surface area (Å²) < 4.78 is 27.7. The van der Waals surface area contributed by atoms with Gasteiger partial charge in [-0.3, -0.25) is 0 Å². The van der Waals surface area contributed by atoms with E-state index in [0.29, 0.717) is 11.5 Å². The van der Waals surface area contributed by atoms with Gasteiger partial charge in [-0.25, -0.2) is 8.78 Å². The number of nitrogens with zero attached hydrogens (tertiary/aromatic N) is 1. The predicted octanol–water partition coefficient (Wildman–Crippen LogP) is 7.12. The van der Waals surface area contributed by atoms with Gasteiger partial charge in [0.05, 0.1) is 5.60 Å². The molecule has 31 heavy (non-hydrogen) atoms. The van der Waals surface area contributed by atoms with Gasteiger partial charge in [-0.15, -0.1) is 0 Å². The van der Waals surface area contributed by atoms with Crippen LogP contribution in [0.5, 0.6) is 0 Å². The molecule has 0 radical (unpaired) electrons. The van der Waals surface area contributed by atoms with E-state index in [4.69, 9.17) is 0 Å². The van der Waals surface area contributed by atoms with E-state index in [-0.39, 0.29) is 12.3 Å². The molecule has 1 aromatic carbocycles. The lowest BCUT2D eigenvalue weighted by Crippen LogP contribution is -2.44. The standard InChI is InChI=1S/C27H45F2NO/c1-6-16-30(19-21(3)7-2)20-25(27(31)14-10-8-9-11-15-27)23-13-12-22(4)24(17-23)18-26(5,28)29/h12-13,17,21,25,31H,6-11,14-16,18-20H2,1-5H3. The van der Waals surface area contributed by atoms with Crippen LogP contribution in [-0.2, 0) is 6.42 Å². The second-order valence-corrected chi connectivity index (χ2v) is 10.3. The molecule has 0 aliphatic heterocycles. The molecule has 2 nitrogen and oxygen atoms in total. The first kappa shape index (κ1) is 26.3. The number of aryl methyl sites for hydroxylation is 1. The number of aliphatic hydroxyl groups is 1. The third kappa shape index (κ3) is 8.13. The molecule has 1 N–H and O–H groups in total. The molecule has 2 atom stereocenters. The number of halogens is 2. The van der Waals surface area contributed by atoms with Gasteiger partial charge in [-0.2, -0.15) is 0 Å². The van der Waals surface area contributed by atoms with Gasteiger partial charge in [0.2, 0.25) is 5.92 Å². The highest BCUT2D eigenvalue weighted by Gasteiger charge is 2.39. The molecule has 0 bridgehead atoms. The van der Waals surface area contributed by atoms with Crippen LogP contribution in [0.2, 0.25) is 0 Å². The molecule has 0 heterocycles. The Bertz CT molecular complexity index is 662. The van der Waals surface area contributed by atoms with E-state index in [2.05, 4.69) is 31.7 Å². The maximum Gasteiger partial charge on any atom is 0.249 e. The van der Waals surface area contributed by atoms with Crippen LogP contribution in [0.3, 0.4) is 0 Å². The molecule has 1 saturated carbocycles. The Morgan fingerprint density at radius 2 is 1.74 bits per heavy atom. The topological polar surface area (TPSA) is 23.5 Å². The van der Waals surface area contributed by atoms with E-state index in [9.17, 15) is 13.9 Å². The quantitative estimate of drug-likeness (QED) is 0.373. The first-order chi connectivity index (χ1) is 14.6. The molecular formula is C27H45F2NO. The first-order valence-electron chi connectivity index (χ1n) is 12.5. The van der Waals surface area contributed by atoms with E-state index in [1.807, 2.05) is 19.1 Å². The van der Waals surface area contributed by atoms with Crippen LogP contribution in [-0.4, -0.2) is 41.2 Å². The minimum Gasteiger partial charge on any atom is -0.389 e. The SMILES string of the molecule is CCCN(CC(C)CC)CC(c1ccc(C)c(CC(C)(F)F)c1)C1(O)CCCCCC1. The molecule has 1 aliphatic rings. The fourth-order valence-corrected chi connectivity index (χ4v) is 5.11. The highest BCUT2D eigenvalue weighted by Crippen LogP contribution is 2.40. The summed E-state index contributed by atoms with van der Waals surface area (Å²) in [4.78, 5) is 2.50. The first-order valence-corrected chi connectivity index (χ1v) is 12.5. The zero-order valence-corrected chi connectivity index (χ0v) is 20.5. The zero-order valence-electron chi connectivity index (χ0n) is 20.5. The molecule has 1 fully saturated rings. The van der Waals surface area contributed by atoms with E-state index in [0.717, 1.165) is 76.2 Å². The molecular weight excluding hydrogens is 392 g/mol. The fraction of sp³-hybridized carbons (Fsp3) is 0.778. The Morgan fingerprint density at radius 3 is 2.29 bits per heavy atom. The van der Waals surface area contributed by atoms with Crippen molar-refractivity contribution in [3.05, 3.63) is 34.9 Å². The van der Waals surface area contributed by atoms with Crippen molar-refractivity contribution in [2.45, 2.75) is 110 Å². The summed E-state index contributed by atoms with van der Waals surface area (Å²) in [7, 11) is 0. The lowest BCUT2D eigenvalue weighted by Gasteiger charge is -2.40. The Hall–Kier alpha value is -1.00.